The van der Waals surface area contributed by atoms with Crippen molar-refractivity contribution in [2.75, 3.05) is 11.1 Å². The van der Waals surface area contributed by atoms with Gasteiger partial charge in [-0.25, -0.2) is 0 Å². The Kier molecular flexibility index (Phi) is 4.12. The fourth-order valence-corrected chi connectivity index (χ4v) is 2.09. The Morgan fingerprint density at radius 1 is 1.26 bits per heavy atom. The van der Waals surface area contributed by atoms with Gasteiger partial charge >= 0.3 is 0 Å². The van der Waals surface area contributed by atoms with E-state index in [9.17, 15) is 4.79 Å². The van der Waals surface area contributed by atoms with Crippen LogP contribution in [0.25, 0.3) is 0 Å². The number of amides is 1. The molecule has 1 amide bonds. The number of anilines is 2. The van der Waals surface area contributed by atoms with Gasteiger partial charge in [-0.1, -0.05) is 11.6 Å². The lowest BCUT2D eigenvalue weighted by Gasteiger charge is -2.09. The highest BCUT2D eigenvalue weighted by atomic mass is 79.9. The molecule has 0 aliphatic rings. The van der Waals surface area contributed by atoms with Gasteiger partial charge in [-0.3, -0.25) is 4.79 Å². The smallest absolute Gasteiger partial charge is 0.255 e. The predicted molar refractivity (Wildman–Crippen MR) is 82.7 cm³/mol. The van der Waals surface area contributed by atoms with E-state index in [1.165, 1.54) is 0 Å². The molecular weight excluding hydrogens is 328 g/mol. The molecule has 0 radical (unpaired) electrons. The molecule has 2 aromatic carbocycles. The second-order valence-electron chi connectivity index (χ2n) is 4.16. The van der Waals surface area contributed by atoms with Crippen LogP contribution in [0, 0.1) is 6.92 Å². The average molecular weight is 340 g/mol. The first-order chi connectivity index (χ1) is 8.97. The molecule has 0 unspecified atom stereocenters. The van der Waals surface area contributed by atoms with E-state index >= 15 is 0 Å². The average Bonchev–Trinajstić information content (AvgIpc) is 2.36. The van der Waals surface area contributed by atoms with Gasteiger partial charge in [-0.05, 0) is 64.8 Å². The maximum absolute atomic E-state index is 12.1. The molecule has 2 rings (SSSR count). The molecular formula is C14H12BrClN2O. The van der Waals surface area contributed by atoms with E-state index in [4.69, 9.17) is 17.3 Å². The molecule has 0 saturated heterocycles. The van der Waals surface area contributed by atoms with E-state index in [1.807, 2.05) is 13.0 Å². The number of aryl methyl sites for hydroxylation is 1. The van der Waals surface area contributed by atoms with Crippen LogP contribution in [0.2, 0.25) is 5.02 Å². The fraction of sp³-hybridized carbons (Fsp3) is 0.0714. The van der Waals surface area contributed by atoms with Crippen molar-refractivity contribution in [1.82, 2.24) is 0 Å². The minimum atomic E-state index is -0.206. The summed E-state index contributed by atoms with van der Waals surface area (Å²) in [6.07, 6.45) is 0. The van der Waals surface area contributed by atoms with Crippen LogP contribution in [-0.4, -0.2) is 5.91 Å². The summed E-state index contributed by atoms with van der Waals surface area (Å²) < 4.78 is 0.759. The van der Waals surface area contributed by atoms with E-state index in [1.54, 1.807) is 30.3 Å². The van der Waals surface area contributed by atoms with Crippen LogP contribution >= 0.6 is 27.5 Å². The number of carbonyl (C=O) groups is 1. The molecule has 0 heterocycles. The topological polar surface area (TPSA) is 55.1 Å². The highest BCUT2D eigenvalue weighted by Gasteiger charge is 2.09. The summed E-state index contributed by atoms with van der Waals surface area (Å²) in [6, 6.07) is 10.4. The lowest BCUT2D eigenvalue weighted by Crippen LogP contribution is -2.12. The Labute approximate surface area is 124 Å². The minimum absolute atomic E-state index is 0.206. The van der Waals surface area contributed by atoms with Crippen LogP contribution in [0.4, 0.5) is 11.4 Å². The lowest BCUT2D eigenvalue weighted by atomic mass is 10.1. The Balaban J connectivity index is 2.23. The van der Waals surface area contributed by atoms with Crippen molar-refractivity contribution in [2.45, 2.75) is 6.92 Å². The van der Waals surface area contributed by atoms with Crippen molar-refractivity contribution < 1.29 is 4.79 Å². The van der Waals surface area contributed by atoms with Gasteiger partial charge in [0.15, 0.2) is 0 Å². The molecule has 2 aromatic rings. The van der Waals surface area contributed by atoms with Gasteiger partial charge in [0.2, 0.25) is 0 Å². The lowest BCUT2D eigenvalue weighted by molar-refractivity contribution is 0.102. The molecule has 0 aliphatic carbocycles. The molecule has 0 saturated carbocycles. The zero-order valence-electron chi connectivity index (χ0n) is 10.2. The Morgan fingerprint density at radius 2 is 2.00 bits per heavy atom. The van der Waals surface area contributed by atoms with Gasteiger partial charge in [0.25, 0.3) is 5.91 Å². The van der Waals surface area contributed by atoms with Gasteiger partial charge in [0.1, 0.15) is 0 Å². The highest BCUT2D eigenvalue weighted by Crippen LogP contribution is 2.24. The second-order valence-corrected chi connectivity index (χ2v) is 5.42. The maximum atomic E-state index is 12.1. The number of rotatable bonds is 2. The normalized spacial score (nSPS) is 10.3. The molecule has 19 heavy (non-hydrogen) atoms. The van der Waals surface area contributed by atoms with Crippen molar-refractivity contribution in [2.24, 2.45) is 0 Å². The first-order valence-electron chi connectivity index (χ1n) is 5.60. The van der Waals surface area contributed by atoms with E-state index in [2.05, 4.69) is 21.2 Å². The van der Waals surface area contributed by atoms with Crippen LogP contribution < -0.4 is 11.1 Å². The van der Waals surface area contributed by atoms with Crippen molar-refractivity contribution in [3.8, 4) is 0 Å². The van der Waals surface area contributed by atoms with Crippen LogP contribution in [0.15, 0.2) is 40.9 Å². The molecule has 0 bridgehead atoms. The van der Waals surface area contributed by atoms with Crippen LogP contribution in [-0.2, 0) is 0 Å². The van der Waals surface area contributed by atoms with Crippen molar-refractivity contribution >= 4 is 44.8 Å². The van der Waals surface area contributed by atoms with Crippen LogP contribution in [0.5, 0.6) is 0 Å². The molecule has 0 atom stereocenters. The first-order valence-corrected chi connectivity index (χ1v) is 6.77. The van der Waals surface area contributed by atoms with Crippen molar-refractivity contribution in [3.05, 3.63) is 57.0 Å². The molecule has 3 N–H and O–H groups in total. The third kappa shape index (κ3) is 3.28. The number of nitrogens with one attached hydrogen (secondary N) is 1. The zero-order chi connectivity index (χ0) is 14.0. The molecule has 3 nitrogen and oxygen atoms in total. The molecule has 0 aromatic heterocycles. The third-order valence-electron chi connectivity index (χ3n) is 2.68. The summed E-state index contributed by atoms with van der Waals surface area (Å²) in [4.78, 5) is 12.1. The number of benzene rings is 2. The Morgan fingerprint density at radius 3 is 2.63 bits per heavy atom. The van der Waals surface area contributed by atoms with E-state index in [0.717, 1.165) is 15.7 Å². The maximum Gasteiger partial charge on any atom is 0.255 e. The SMILES string of the molecule is Cc1cc(N)ccc1NC(=O)c1ccc(Br)c(Cl)c1. The third-order valence-corrected chi connectivity index (χ3v) is 3.91. The summed E-state index contributed by atoms with van der Waals surface area (Å²) >= 11 is 9.26. The number of halogens is 2. The molecule has 0 aliphatic heterocycles. The zero-order valence-corrected chi connectivity index (χ0v) is 12.5. The summed E-state index contributed by atoms with van der Waals surface area (Å²) in [5.74, 6) is -0.206. The summed E-state index contributed by atoms with van der Waals surface area (Å²) in [6.45, 7) is 1.89. The molecule has 5 heteroatoms. The summed E-state index contributed by atoms with van der Waals surface area (Å²) in [7, 11) is 0. The van der Waals surface area contributed by atoms with E-state index in [-0.39, 0.29) is 5.91 Å². The predicted octanol–water partition coefficient (Wildman–Crippen LogP) is 4.25. The number of carbonyl (C=O) groups excluding carboxylic acids is 1. The molecule has 98 valence electrons. The van der Waals surface area contributed by atoms with Crippen molar-refractivity contribution in [1.29, 1.82) is 0 Å². The largest absolute Gasteiger partial charge is 0.399 e. The Hall–Kier alpha value is -1.52. The quantitative estimate of drug-likeness (QED) is 0.804. The number of nitrogens with two attached hydrogens (primary N) is 1. The number of hydrogen-bond acceptors (Lipinski definition) is 2. The molecule has 0 fully saturated rings. The standard InChI is InChI=1S/C14H12BrClN2O/c1-8-6-10(17)3-5-13(8)18-14(19)9-2-4-11(15)12(16)7-9/h2-7H,17H2,1H3,(H,18,19). The summed E-state index contributed by atoms with van der Waals surface area (Å²) in [5, 5.41) is 3.33. The minimum Gasteiger partial charge on any atom is -0.399 e. The van der Waals surface area contributed by atoms with Crippen molar-refractivity contribution in [3.63, 3.8) is 0 Å². The monoisotopic (exact) mass is 338 g/mol. The van der Waals surface area contributed by atoms with Crippen LogP contribution in [0.3, 0.4) is 0 Å². The van der Waals surface area contributed by atoms with Crippen LogP contribution in [0.1, 0.15) is 15.9 Å². The second kappa shape index (κ2) is 5.63. The molecule has 0 spiro atoms. The summed E-state index contributed by atoms with van der Waals surface area (Å²) in [5.41, 5.74) is 8.49. The van der Waals surface area contributed by atoms with Gasteiger partial charge in [0.05, 0.1) is 5.02 Å². The fourth-order valence-electron chi connectivity index (χ4n) is 1.66. The Bertz CT molecular complexity index is 643. The van der Waals surface area contributed by atoms with Gasteiger partial charge in [-0.2, -0.15) is 0 Å². The van der Waals surface area contributed by atoms with Gasteiger partial charge in [-0.15, -0.1) is 0 Å². The van der Waals surface area contributed by atoms with E-state index < -0.39 is 0 Å². The number of hydrogen-bond donors (Lipinski definition) is 2. The van der Waals surface area contributed by atoms with E-state index in [0.29, 0.717) is 16.3 Å². The van der Waals surface area contributed by atoms with Gasteiger partial charge in [0, 0.05) is 21.4 Å². The number of nitrogen functional groups attached to an aromatic ring is 1. The highest BCUT2D eigenvalue weighted by molar-refractivity contribution is 9.10. The van der Waals surface area contributed by atoms with Gasteiger partial charge < -0.3 is 11.1 Å². The first kappa shape index (κ1) is 13.9.